The number of anilines is 1. The molecule has 2 aromatic carbocycles. The number of hydrogen-bond acceptors (Lipinski definition) is 3. The van der Waals surface area contributed by atoms with Crippen LogP contribution < -0.4 is 15.6 Å². The van der Waals surface area contributed by atoms with Crippen molar-refractivity contribution < 1.29 is 18.3 Å². The number of carbonyl (C=O) groups excluding carboxylic acids is 1. The molecule has 3 aromatic rings. The van der Waals surface area contributed by atoms with Crippen molar-refractivity contribution in [1.29, 1.82) is 0 Å². The second kappa shape index (κ2) is 10.4. The number of aromatic nitrogens is 1. The van der Waals surface area contributed by atoms with Gasteiger partial charge in [0.15, 0.2) is 0 Å². The normalized spacial score (nSPS) is 11.4. The second-order valence-corrected chi connectivity index (χ2v) is 12.0. The zero-order valence-electron chi connectivity index (χ0n) is 17.6. The van der Waals surface area contributed by atoms with Crippen LogP contribution in [0.15, 0.2) is 47.3 Å². The van der Waals surface area contributed by atoms with Gasteiger partial charge in [-0.3, -0.25) is 9.59 Å². The van der Waals surface area contributed by atoms with Gasteiger partial charge in [-0.2, -0.15) is 0 Å². The standard InChI is InChI=1S/C23H19Br2ClF2N2O3/c1-13-7-20(33-11-15-4-5-16(27)9-18(15)28)21(26)22(32)30(13)10-14-3-6-19(29-12-31)17(8-14)23(2,24)25/h3-9,12H,10-11H2,1-2H3,(H,29,31). The summed E-state index contributed by atoms with van der Waals surface area (Å²) >= 11 is 13.3. The number of nitrogens with zero attached hydrogens (tertiary/aromatic N) is 1. The maximum Gasteiger partial charge on any atom is 0.273 e. The van der Waals surface area contributed by atoms with Gasteiger partial charge in [0.25, 0.3) is 5.56 Å². The van der Waals surface area contributed by atoms with Crippen molar-refractivity contribution in [2.75, 3.05) is 5.32 Å². The summed E-state index contributed by atoms with van der Waals surface area (Å²) in [5, 5.41) is 2.51. The summed E-state index contributed by atoms with van der Waals surface area (Å²) in [5.41, 5.74) is 2.43. The monoisotopic (exact) mass is 602 g/mol. The minimum absolute atomic E-state index is 0.110. The molecule has 1 heterocycles. The molecule has 5 nitrogen and oxygen atoms in total. The lowest BCUT2D eigenvalue weighted by Crippen LogP contribution is -2.24. The summed E-state index contributed by atoms with van der Waals surface area (Å²) in [6, 6.07) is 10.2. The van der Waals surface area contributed by atoms with Crippen LogP contribution in [0.25, 0.3) is 0 Å². The van der Waals surface area contributed by atoms with Crippen molar-refractivity contribution in [2.45, 2.75) is 30.2 Å². The number of aryl methyl sites for hydroxylation is 1. The highest BCUT2D eigenvalue weighted by Crippen LogP contribution is 2.41. The van der Waals surface area contributed by atoms with Gasteiger partial charge in [0.05, 0.1) is 6.54 Å². The molecule has 0 radical (unpaired) electrons. The average molecular weight is 605 g/mol. The number of halogens is 5. The predicted molar refractivity (Wildman–Crippen MR) is 132 cm³/mol. The summed E-state index contributed by atoms with van der Waals surface area (Å²) in [6.07, 6.45) is 0.592. The summed E-state index contributed by atoms with van der Waals surface area (Å²) in [7, 11) is 0. The van der Waals surface area contributed by atoms with E-state index in [2.05, 4.69) is 37.2 Å². The first-order chi connectivity index (χ1) is 15.5. The molecule has 0 unspecified atom stereocenters. The van der Waals surface area contributed by atoms with Crippen LogP contribution in [0, 0.1) is 18.6 Å². The zero-order valence-corrected chi connectivity index (χ0v) is 21.5. The average Bonchev–Trinajstić information content (AvgIpc) is 2.74. The molecule has 0 bridgehead atoms. The van der Waals surface area contributed by atoms with Gasteiger partial charge in [-0.05, 0) is 43.7 Å². The van der Waals surface area contributed by atoms with Gasteiger partial charge in [-0.15, -0.1) is 0 Å². The van der Waals surface area contributed by atoms with E-state index in [0.717, 1.165) is 23.3 Å². The SMILES string of the molecule is Cc1cc(OCc2ccc(F)cc2F)c(Cl)c(=O)n1Cc1ccc(NC=O)c(C(C)(Br)Br)c1. The Hall–Kier alpha value is -2.23. The summed E-state index contributed by atoms with van der Waals surface area (Å²) < 4.78 is 33.4. The van der Waals surface area contributed by atoms with Gasteiger partial charge in [0, 0.05) is 34.6 Å². The number of hydrogen-bond donors (Lipinski definition) is 1. The lowest BCUT2D eigenvalue weighted by Gasteiger charge is -2.21. The smallest absolute Gasteiger partial charge is 0.273 e. The molecular formula is C23H19Br2ClF2N2O3. The number of nitrogens with one attached hydrogen (secondary N) is 1. The van der Waals surface area contributed by atoms with E-state index in [4.69, 9.17) is 16.3 Å². The molecule has 1 amide bonds. The molecule has 0 spiro atoms. The zero-order chi connectivity index (χ0) is 24.3. The fourth-order valence-corrected chi connectivity index (χ4v) is 4.10. The van der Waals surface area contributed by atoms with Crippen molar-refractivity contribution in [3.05, 3.63) is 91.9 Å². The summed E-state index contributed by atoms with van der Waals surface area (Å²) in [6.45, 7) is 3.61. The summed E-state index contributed by atoms with van der Waals surface area (Å²) in [4.78, 5) is 23.9. The lowest BCUT2D eigenvalue weighted by atomic mass is 10.1. The Morgan fingerprint density at radius 1 is 1.18 bits per heavy atom. The van der Waals surface area contributed by atoms with Crippen LogP contribution in [-0.2, 0) is 21.2 Å². The largest absolute Gasteiger partial charge is 0.487 e. The second-order valence-electron chi connectivity index (χ2n) is 7.41. The highest BCUT2D eigenvalue weighted by Gasteiger charge is 2.23. The van der Waals surface area contributed by atoms with E-state index in [9.17, 15) is 18.4 Å². The molecule has 0 saturated carbocycles. The van der Waals surface area contributed by atoms with Crippen molar-refractivity contribution >= 4 is 55.6 Å². The first-order valence-electron chi connectivity index (χ1n) is 9.69. The van der Waals surface area contributed by atoms with E-state index in [1.165, 1.54) is 10.6 Å². The van der Waals surface area contributed by atoms with Crippen LogP contribution in [0.4, 0.5) is 14.5 Å². The third kappa shape index (κ3) is 6.02. The molecule has 174 valence electrons. The van der Waals surface area contributed by atoms with Crippen molar-refractivity contribution in [1.82, 2.24) is 4.57 Å². The van der Waals surface area contributed by atoms with Gasteiger partial charge in [-0.1, -0.05) is 49.5 Å². The molecule has 0 aliphatic carbocycles. The van der Waals surface area contributed by atoms with Crippen LogP contribution in [0.1, 0.15) is 29.3 Å². The van der Waals surface area contributed by atoms with E-state index in [1.54, 1.807) is 25.1 Å². The Balaban J connectivity index is 1.89. The van der Waals surface area contributed by atoms with Crippen LogP contribution in [0.2, 0.25) is 5.02 Å². The fourth-order valence-electron chi connectivity index (χ4n) is 3.24. The number of benzene rings is 2. The molecule has 3 rings (SSSR count). The lowest BCUT2D eigenvalue weighted by molar-refractivity contribution is -0.105. The van der Waals surface area contributed by atoms with Gasteiger partial charge in [0.1, 0.15) is 32.2 Å². The Morgan fingerprint density at radius 2 is 1.91 bits per heavy atom. The van der Waals surface area contributed by atoms with E-state index in [1.807, 2.05) is 13.0 Å². The van der Waals surface area contributed by atoms with Crippen molar-refractivity contribution in [3.8, 4) is 5.75 Å². The van der Waals surface area contributed by atoms with Gasteiger partial charge in [0.2, 0.25) is 6.41 Å². The Kier molecular flexibility index (Phi) is 7.97. The summed E-state index contributed by atoms with van der Waals surface area (Å²) in [5.74, 6) is -1.32. The minimum Gasteiger partial charge on any atom is -0.487 e. The van der Waals surface area contributed by atoms with Crippen LogP contribution in [0.5, 0.6) is 5.75 Å². The molecule has 0 fully saturated rings. The molecular weight excluding hydrogens is 586 g/mol. The molecule has 1 aromatic heterocycles. The van der Waals surface area contributed by atoms with E-state index in [0.29, 0.717) is 17.8 Å². The number of ether oxygens (including phenoxy) is 1. The molecule has 10 heteroatoms. The highest BCUT2D eigenvalue weighted by molar-refractivity contribution is 9.24. The van der Waals surface area contributed by atoms with Crippen LogP contribution in [-0.4, -0.2) is 11.0 Å². The first kappa shape index (κ1) is 25.4. The van der Waals surface area contributed by atoms with Crippen LogP contribution >= 0.6 is 43.5 Å². The van der Waals surface area contributed by atoms with Crippen molar-refractivity contribution in [3.63, 3.8) is 0 Å². The maximum atomic E-state index is 13.9. The van der Waals surface area contributed by atoms with E-state index in [-0.39, 0.29) is 29.5 Å². The van der Waals surface area contributed by atoms with E-state index >= 15 is 0 Å². The molecule has 0 atom stereocenters. The topological polar surface area (TPSA) is 60.3 Å². The molecule has 0 aliphatic rings. The number of pyridine rings is 1. The number of amides is 1. The number of alkyl halides is 2. The van der Waals surface area contributed by atoms with Gasteiger partial charge < -0.3 is 14.6 Å². The molecule has 0 saturated heterocycles. The van der Waals surface area contributed by atoms with Crippen LogP contribution in [0.3, 0.4) is 0 Å². The van der Waals surface area contributed by atoms with E-state index < -0.39 is 20.4 Å². The molecule has 33 heavy (non-hydrogen) atoms. The maximum absolute atomic E-state index is 13.9. The quantitative estimate of drug-likeness (QED) is 0.245. The van der Waals surface area contributed by atoms with Gasteiger partial charge in [-0.25, -0.2) is 8.78 Å². The Bertz CT molecular complexity index is 1260. The predicted octanol–water partition coefficient (Wildman–Crippen LogP) is 6.25. The third-order valence-corrected chi connectivity index (χ3v) is 6.13. The fraction of sp³-hybridized carbons (Fsp3) is 0.217. The highest BCUT2D eigenvalue weighted by atomic mass is 79.9. The van der Waals surface area contributed by atoms with Crippen molar-refractivity contribution in [2.24, 2.45) is 0 Å². The number of rotatable bonds is 8. The van der Waals surface area contributed by atoms with Gasteiger partial charge >= 0.3 is 0 Å². The third-order valence-electron chi connectivity index (χ3n) is 4.93. The Labute approximate surface area is 211 Å². The molecule has 0 aliphatic heterocycles. The first-order valence-corrected chi connectivity index (χ1v) is 11.7. The number of carbonyl (C=O) groups is 1. The molecule has 1 N–H and O–H groups in total. The Morgan fingerprint density at radius 3 is 2.55 bits per heavy atom. The minimum atomic E-state index is -0.745.